The molecular weight excluding hydrogens is 331 g/mol. The van der Waals surface area contributed by atoms with Gasteiger partial charge in [-0.15, -0.1) is 0 Å². The molecule has 1 fully saturated rings. The summed E-state index contributed by atoms with van der Waals surface area (Å²) in [6, 6.07) is 7.12. The Morgan fingerprint density at radius 3 is 2.73 bits per heavy atom. The van der Waals surface area contributed by atoms with Crippen molar-refractivity contribution >= 4 is 5.96 Å². The molecule has 0 spiro atoms. The number of aliphatic imine (C=N–C) groups is 1. The monoisotopic (exact) mass is 364 g/mol. The third kappa shape index (κ3) is 6.57. The van der Waals surface area contributed by atoms with Gasteiger partial charge in [0, 0.05) is 39.8 Å². The van der Waals surface area contributed by atoms with Crippen LogP contribution in [-0.4, -0.2) is 57.2 Å². The van der Waals surface area contributed by atoms with E-state index < -0.39 is 0 Å². The van der Waals surface area contributed by atoms with Crippen LogP contribution in [0.3, 0.4) is 0 Å². The van der Waals surface area contributed by atoms with Crippen molar-refractivity contribution in [2.24, 2.45) is 4.99 Å². The standard InChI is InChI=1S/C20H33FN4O/c1-16-7-4-5-13-25(16)14-6-12-23-20(22-2)24-15-19(26-3)17-8-10-18(21)11-9-17/h8-11,16,19H,4-7,12-15H2,1-3H3,(H2,22,23,24). The first-order valence-corrected chi connectivity index (χ1v) is 9.61. The van der Waals surface area contributed by atoms with Gasteiger partial charge in [0.05, 0.1) is 6.10 Å². The number of piperidine rings is 1. The number of methoxy groups -OCH3 is 1. The second-order valence-corrected chi connectivity index (χ2v) is 6.89. The Labute approximate surface area is 157 Å². The molecule has 2 atom stereocenters. The lowest BCUT2D eigenvalue weighted by atomic mass is 10.0. The normalized spacial score (nSPS) is 20.0. The summed E-state index contributed by atoms with van der Waals surface area (Å²) < 4.78 is 18.6. The maximum absolute atomic E-state index is 13.1. The summed E-state index contributed by atoms with van der Waals surface area (Å²) in [6.45, 7) is 6.14. The molecule has 1 saturated heterocycles. The third-order valence-electron chi connectivity index (χ3n) is 5.06. The number of benzene rings is 1. The van der Waals surface area contributed by atoms with Crippen LogP contribution in [0.2, 0.25) is 0 Å². The van der Waals surface area contributed by atoms with E-state index in [4.69, 9.17) is 4.74 Å². The maximum atomic E-state index is 13.1. The summed E-state index contributed by atoms with van der Waals surface area (Å²) in [6.07, 6.45) is 4.95. The number of halogens is 1. The van der Waals surface area contributed by atoms with Crippen molar-refractivity contribution in [2.75, 3.05) is 40.3 Å². The van der Waals surface area contributed by atoms with Crippen molar-refractivity contribution in [3.05, 3.63) is 35.6 Å². The van der Waals surface area contributed by atoms with Crippen LogP contribution in [0.25, 0.3) is 0 Å². The Morgan fingerprint density at radius 1 is 1.31 bits per heavy atom. The van der Waals surface area contributed by atoms with E-state index in [2.05, 4.69) is 27.4 Å². The van der Waals surface area contributed by atoms with Gasteiger partial charge in [-0.2, -0.15) is 0 Å². The summed E-state index contributed by atoms with van der Waals surface area (Å²) in [4.78, 5) is 6.85. The fraction of sp³-hybridized carbons (Fsp3) is 0.650. The van der Waals surface area contributed by atoms with E-state index in [0.29, 0.717) is 12.6 Å². The number of guanidine groups is 1. The summed E-state index contributed by atoms with van der Waals surface area (Å²) in [5.41, 5.74) is 0.941. The summed E-state index contributed by atoms with van der Waals surface area (Å²) in [5, 5.41) is 6.65. The van der Waals surface area contributed by atoms with Gasteiger partial charge in [-0.3, -0.25) is 4.99 Å². The van der Waals surface area contributed by atoms with Crippen LogP contribution < -0.4 is 10.6 Å². The Hall–Kier alpha value is -1.66. The first kappa shape index (κ1) is 20.6. The average Bonchev–Trinajstić information content (AvgIpc) is 2.66. The molecule has 0 aliphatic carbocycles. The van der Waals surface area contributed by atoms with Crippen LogP contribution in [0.15, 0.2) is 29.3 Å². The molecule has 1 aromatic carbocycles. The molecule has 5 nitrogen and oxygen atoms in total. The average molecular weight is 365 g/mol. The minimum Gasteiger partial charge on any atom is -0.375 e. The molecule has 0 amide bonds. The number of ether oxygens (including phenoxy) is 1. The molecule has 0 saturated carbocycles. The van der Waals surface area contributed by atoms with Crippen LogP contribution in [0, 0.1) is 5.82 Å². The molecule has 0 radical (unpaired) electrons. The SMILES string of the molecule is CN=C(NCCCN1CCCCC1C)NCC(OC)c1ccc(F)cc1. The first-order chi connectivity index (χ1) is 12.6. The van der Waals surface area contributed by atoms with Gasteiger partial charge >= 0.3 is 0 Å². The first-order valence-electron chi connectivity index (χ1n) is 9.61. The van der Waals surface area contributed by atoms with Crippen LogP contribution in [0.4, 0.5) is 4.39 Å². The minimum absolute atomic E-state index is 0.150. The van der Waals surface area contributed by atoms with Gasteiger partial charge in [0.15, 0.2) is 5.96 Å². The molecule has 1 heterocycles. The lowest BCUT2D eigenvalue weighted by molar-refractivity contribution is 0.106. The summed E-state index contributed by atoms with van der Waals surface area (Å²) >= 11 is 0. The van der Waals surface area contributed by atoms with E-state index in [9.17, 15) is 4.39 Å². The maximum Gasteiger partial charge on any atom is 0.191 e. The zero-order chi connectivity index (χ0) is 18.8. The van der Waals surface area contributed by atoms with E-state index in [1.54, 1.807) is 26.3 Å². The Kier molecular flexibility index (Phi) is 8.85. The fourth-order valence-electron chi connectivity index (χ4n) is 3.40. The number of hydrogen-bond acceptors (Lipinski definition) is 3. The predicted molar refractivity (Wildman–Crippen MR) is 105 cm³/mol. The Balaban J connectivity index is 1.70. The fourth-order valence-corrected chi connectivity index (χ4v) is 3.40. The Bertz CT molecular complexity index is 549. The van der Waals surface area contributed by atoms with Crippen LogP contribution >= 0.6 is 0 Å². The zero-order valence-corrected chi connectivity index (χ0v) is 16.3. The van der Waals surface area contributed by atoms with Crippen LogP contribution in [-0.2, 0) is 4.74 Å². The highest BCUT2D eigenvalue weighted by Crippen LogP contribution is 2.17. The van der Waals surface area contributed by atoms with E-state index in [1.807, 2.05) is 0 Å². The quantitative estimate of drug-likeness (QED) is 0.423. The molecular formula is C20H33FN4O. The minimum atomic E-state index is -0.239. The number of likely N-dealkylation sites (tertiary alicyclic amines) is 1. The third-order valence-corrected chi connectivity index (χ3v) is 5.06. The van der Waals surface area contributed by atoms with E-state index in [1.165, 1.54) is 37.9 Å². The van der Waals surface area contributed by atoms with Crippen molar-refractivity contribution in [3.8, 4) is 0 Å². The summed E-state index contributed by atoms with van der Waals surface area (Å²) in [5.74, 6) is 0.526. The number of rotatable bonds is 8. The smallest absolute Gasteiger partial charge is 0.191 e. The highest BCUT2D eigenvalue weighted by atomic mass is 19.1. The van der Waals surface area contributed by atoms with Gasteiger partial charge in [0.2, 0.25) is 0 Å². The summed E-state index contributed by atoms with van der Waals surface area (Å²) in [7, 11) is 3.42. The molecule has 1 aliphatic rings. The molecule has 1 aromatic rings. The lowest BCUT2D eigenvalue weighted by Crippen LogP contribution is -2.42. The zero-order valence-electron chi connectivity index (χ0n) is 16.3. The molecule has 2 unspecified atom stereocenters. The largest absolute Gasteiger partial charge is 0.375 e. The van der Waals surface area contributed by atoms with Gasteiger partial charge in [0.25, 0.3) is 0 Å². The van der Waals surface area contributed by atoms with Crippen LogP contribution in [0.5, 0.6) is 0 Å². The molecule has 6 heteroatoms. The van der Waals surface area contributed by atoms with Gasteiger partial charge < -0.3 is 20.3 Å². The number of nitrogens with zero attached hydrogens (tertiary/aromatic N) is 2. The molecule has 0 bridgehead atoms. The van der Waals surface area contributed by atoms with Crippen molar-refractivity contribution in [3.63, 3.8) is 0 Å². The van der Waals surface area contributed by atoms with E-state index in [0.717, 1.165) is 31.0 Å². The molecule has 0 aromatic heterocycles. The topological polar surface area (TPSA) is 48.9 Å². The van der Waals surface area contributed by atoms with Crippen molar-refractivity contribution in [2.45, 2.75) is 44.8 Å². The van der Waals surface area contributed by atoms with E-state index >= 15 is 0 Å². The number of hydrogen-bond donors (Lipinski definition) is 2. The lowest BCUT2D eigenvalue weighted by Gasteiger charge is -2.33. The van der Waals surface area contributed by atoms with Gasteiger partial charge in [-0.05, 0) is 50.4 Å². The highest BCUT2D eigenvalue weighted by molar-refractivity contribution is 5.79. The number of nitrogens with one attached hydrogen (secondary N) is 2. The molecule has 26 heavy (non-hydrogen) atoms. The molecule has 146 valence electrons. The van der Waals surface area contributed by atoms with Crippen LogP contribution in [0.1, 0.15) is 44.3 Å². The molecule has 2 N–H and O–H groups in total. The van der Waals surface area contributed by atoms with E-state index in [-0.39, 0.29) is 11.9 Å². The van der Waals surface area contributed by atoms with Crippen molar-refractivity contribution in [1.82, 2.24) is 15.5 Å². The van der Waals surface area contributed by atoms with Crippen molar-refractivity contribution in [1.29, 1.82) is 0 Å². The Morgan fingerprint density at radius 2 is 2.08 bits per heavy atom. The van der Waals surface area contributed by atoms with Gasteiger partial charge in [-0.25, -0.2) is 4.39 Å². The van der Waals surface area contributed by atoms with Gasteiger partial charge in [-0.1, -0.05) is 18.6 Å². The van der Waals surface area contributed by atoms with Crippen molar-refractivity contribution < 1.29 is 9.13 Å². The highest BCUT2D eigenvalue weighted by Gasteiger charge is 2.17. The molecule has 1 aliphatic heterocycles. The van der Waals surface area contributed by atoms with Gasteiger partial charge in [0.1, 0.15) is 5.82 Å². The molecule has 2 rings (SSSR count). The predicted octanol–water partition coefficient (Wildman–Crippen LogP) is 2.94. The second-order valence-electron chi connectivity index (χ2n) is 6.89. The second kappa shape index (κ2) is 11.1.